The summed E-state index contributed by atoms with van der Waals surface area (Å²) < 4.78 is 38.4. The average Bonchev–Trinajstić information content (AvgIpc) is 2.54. The van der Waals surface area contributed by atoms with Gasteiger partial charge in [0, 0.05) is 11.6 Å². The highest BCUT2D eigenvalue weighted by Crippen LogP contribution is 2.33. The minimum atomic E-state index is -4.48. The van der Waals surface area contributed by atoms with E-state index in [1.807, 2.05) is 0 Å². The van der Waals surface area contributed by atoms with Crippen LogP contribution in [0.4, 0.5) is 23.7 Å². The second-order valence-corrected chi connectivity index (χ2v) is 3.52. The molecule has 90 valence electrons. The number of halogens is 3. The van der Waals surface area contributed by atoms with Gasteiger partial charge in [-0.1, -0.05) is 6.07 Å². The summed E-state index contributed by atoms with van der Waals surface area (Å²) in [7, 11) is 0. The largest absolute Gasteiger partial charge is 0.416 e. The predicted octanol–water partition coefficient (Wildman–Crippen LogP) is 2.17. The van der Waals surface area contributed by atoms with E-state index in [0.29, 0.717) is 5.39 Å². The number of nitrogens with zero attached hydrogens (tertiary/aromatic N) is 1. The van der Waals surface area contributed by atoms with Crippen LogP contribution in [0.15, 0.2) is 24.4 Å². The van der Waals surface area contributed by atoms with E-state index in [1.165, 1.54) is 12.3 Å². The maximum atomic E-state index is 12.5. The molecule has 0 saturated carbocycles. The molecule has 0 aliphatic carbocycles. The molecule has 0 aliphatic heterocycles. The lowest BCUT2D eigenvalue weighted by atomic mass is 10.1. The molecule has 2 rings (SSSR count). The van der Waals surface area contributed by atoms with Crippen molar-refractivity contribution in [3.8, 4) is 0 Å². The third-order valence-corrected chi connectivity index (χ3v) is 2.40. The molecule has 2 aromatic rings. The molecule has 0 spiro atoms. The molecule has 1 aromatic heterocycles. The molecule has 0 atom stereocenters. The minimum Gasteiger partial charge on any atom is -0.397 e. The molecule has 0 saturated heterocycles. The number of rotatable bonds is 0. The Morgan fingerprint density at radius 3 is 2.47 bits per heavy atom. The lowest BCUT2D eigenvalue weighted by Gasteiger charge is -2.07. The Balaban J connectivity index is 2.75. The van der Waals surface area contributed by atoms with Crippen LogP contribution in [0.2, 0.25) is 0 Å². The summed E-state index contributed by atoms with van der Waals surface area (Å²) in [6.45, 7) is 0. The molecular weight excluding hydrogens is 235 g/mol. The number of amides is 1. The van der Waals surface area contributed by atoms with Crippen LogP contribution < -0.4 is 11.5 Å². The maximum Gasteiger partial charge on any atom is 0.416 e. The number of nitrogen functional groups attached to an aromatic ring is 1. The van der Waals surface area contributed by atoms with Crippen molar-refractivity contribution in [2.45, 2.75) is 6.18 Å². The second-order valence-electron chi connectivity index (χ2n) is 3.52. The van der Waals surface area contributed by atoms with Gasteiger partial charge >= 0.3 is 12.2 Å². The molecular formula is C10H8F3N3O. The molecule has 7 heteroatoms. The quantitative estimate of drug-likeness (QED) is 0.744. The maximum absolute atomic E-state index is 12.5. The number of primary amides is 1. The fourth-order valence-electron chi connectivity index (χ4n) is 1.61. The lowest BCUT2D eigenvalue weighted by Crippen LogP contribution is -2.18. The summed E-state index contributed by atoms with van der Waals surface area (Å²) in [5, 5.41) is 0.358. The highest BCUT2D eigenvalue weighted by Gasteiger charge is 2.31. The first-order chi connectivity index (χ1) is 7.80. The Morgan fingerprint density at radius 1 is 1.29 bits per heavy atom. The van der Waals surface area contributed by atoms with E-state index in [1.54, 1.807) is 0 Å². The fraction of sp³-hybridized carbons (Fsp3) is 0.100. The van der Waals surface area contributed by atoms with Crippen molar-refractivity contribution >= 4 is 22.6 Å². The molecule has 0 radical (unpaired) electrons. The van der Waals surface area contributed by atoms with Gasteiger partial charge in [-0.15, -0.1) is 0 Å². The fourth-order valence-corrected chi connectivity index (χ4v) is 1.61. The third-order valence-electron chi connectivity index (χ3n) is 2.40. The van der Waals surface area contributed by atoms with Crippen LogP contribution in [0.25, 0.3) is 10.9 Å². The molecule has 1 aromatic carbocycles. The van der Waals surface area contributed by atoms with E-state index in [4.69, 9.17) is 11.5 Å². The molecule has 4 N–H and O–H groups in total. The first-order valence-corrected chi connectivity index (χ1v) is 4.58. The normalized spacial score (nSPS) is 11.9. The second kappa shape index (κ2) is 3.41. The Morgan fingerprint density at radius 2 is 1.94 bits per heavy atom. The minimum absolute atomic E-state index is 0.0461. The van der Waals surface area contributed by atoms with Crippen LogP contribution in [0.5, 0.6) is 0 Å². The van der Waals surface area contributed by atoms with E-state index in [9.17, 15) is 18.0 Å². The van der Waals surface area contributed by atoms with Gasteiger partial charge in [-0.2, -0.15) is 13.2 Å². The number of fused-ring (bicyclic) bond motifs is 1. The number of hydrogen-bond acceptors (Lipinski definition) is 2. The number of hydrogen-bond donors (Lipinski definition) is 2. The Kier molecular flexibility index (Phi) is 2.27. The van der Waals surface area contributed by atoms with E-state index in [-0.39, 0.29) is 11.2 Å². The van der Waals surface area contributed by atoms with Crippen molar-refractivity contribution in [1.82, 2.24) is 4.57 Å². The molecule has 0 unspecified atom stereocenters. The topological polar surface area (TPSA) is 74.0 Å². The zero-order chi connectivity index (χ0) is 12.8. The van der Waals surface area contributed by atoms with Crippen LogP contribution in [0.1, 0.15) is 5.56 Å². The number of carbonyl (C=O) groups is 1. The van der Waals surface area contributed by atoms with Crippen molar-refractivity contribution in [2.75, 3.05) is 5.73 Å². The standard InChI is InChI=1S/C10H8F3N3O/c11-10(12,13)5-1-2-6-7(14)4-16(9(15)17)8(6)3-5/h1-4H,14H2,(H2,15,17). The van der Waals surface area contributed by atoms with Crippen LogP contribution in [-0.4, -0.2) is 10.6 Å². The van der Waals surface area contributed by atoms with Crippen LogP contribution >= 0.6 is 0 Å². The number of carbonyl (C=O) groups excluding carboxylic acids is 1. The first-order valence-electron chi connectivity index (χ1n) is 4.58. The van der Waals surface area contributed by atoms with Crippen LogP contribution in [0, 0.1) is 0 Å². The monoisotopic (exact) mass is 243 g/mol. The van der Waals surface area contributed by atoms with Crippen molar-refractivity contribution in [2.24, 2.45) is 5.73 Å². The molecule has 0 fully saturated rings. The van der Waals surface area contributed by atoms with Gasteiger partial charge in [-0.25, -0.2) is 4.79 Å². The van der Waals surface area contributed by atoms with Gasteiger partial charge < -0.3 is 11.5 Å². The van der Waals surface area contributed by atoms with Gasteiger partial charge in [0.1, 0.15) is 0 Å². The summed E-state index contributed by atoms with van der Waals surface area (Å²) in [4.78, 5) is 11.0. The smallest absolute Gasteiger partial charge is 0.397 e. The summed E-state index contributed by atoms with van der Waals surface area (Å²) in [5.41, 5.74) is 10.00. The molecule has 4 nitrogen and oxygen atoms in total. The first kappa shape index (κ1) is 11.3. The molecule has 1 amide bonds. The molecule has 17 heavy (non-hydrogen) atoms. The van der Waals surface area contributed by atoms with Gasteiger partial charge in [0.25, 0.3) is 0 Å². The van der Waals surface area contributed by atoms with Gasteiger partial charge in [-0.3, -0.25) is 4.57 Å². The molecule has 0 bridgehead atoms. The number of anilines is 1. The highest BCUT2D eigenvalue weighted by molar-refractivity contribution is 5.98. The van der Waals surface area contributed by atoms with Gasteiger partial charge in [0.2, 0.25) is 0 Å². The summed E-state index contributed by atoms with van der Waals surface area (Å²) in [6, 6.07) is 2.08. The third kappa shape index (κ3) is 1.79. The summed E-state index contributed by atoms with van der Waals surface area (Å²) >= 11 is 0. The van der Waals surface area contributed by atoms with Crippen molar-refractivity contribution in [3.05, 3.63) is 30.0 Å². The summed E-state index contributed by atoms with van der Waals surface area (Å²) in [6.07, 6.45) is -3.27. The van der Waals surface area contributed by atoms with Gasteiger partial charge in [0.15, 0.2) is 0 Å². The zero-order valence-corrected chi connectivity index (χ0v) is 8.45. The SMILES string of the molecule is NC(=O)n1cc(N)c2ccc(C(F)(F)F)cc21. The summed E-state index contributed by atoms with van der Waals surface area (Å²) in [5.74, 6) is 0. The van der Waals surface area contributed by atoms with E-state index < -0.39 is 17.8 Å². The number of benzene rings is 1. The van der Waals surface area contributed by atoms with Gasteiger partial charge in [-0.05, 0) is 12.1 Å². The van der Waals surface area contributed by atoms with Crippen LogP contribution in [-0.2, 0) is 6.18 Å². The van der Waals surface area contributed by atoms with Crippen molar-refractivity contribution in [1.29, 1.82) is 0 Å². The van der Waals surface area contributed by atoms with E-state index >= 15 is 0 Å². The average molecular weight is 243 g/mol. The predicted molar refractivity (Wildman–Crippen MR) is 56.3 cm³/mol. The molecule has 0 aliphatic rings. The Labute approximate surface area is 93.6 Å². The van der Waals surface area contributed by atoms with E-state index in [2.05, 4.69) is 0 Å². The van der Waals surface area contributed by atoms with Gasteiger partial charge in [0.05, 0.1) is 16.8 Å². The Bertz CT molecular complexity index is 601. The zero-order valence-electron chi connectivity index (χ0n) is 8.45. The lowest BCUT2D eigenvalue weighted by molar-refractivity contribution is -0.137. The van der Waals surface area contributed by atoms with Crippen molar-refractivity contribution in [3.63, 3.8) is 0 Å². The number of nitrogens with two attached hydrogens (primary N) is 2. The Hall–Kier alpha value is -2.18. The van der Waals surface area contributed by atoms with Crippen LogP contribution in [0.3, 0.4) is 0 Å². The number of aromatic nitrogens is 1. The number of alkyl halides is 3. The molecule has 1 heterocycles. The highest BCUT2D eigenvalue weighted by atomic mass is 19.4. The van der Waals surface area contributed by atoms with E-state index in [0.717, 1.165) is 16.7 Å². The van der Waals surface area contributed by atoms with Crippen molar-refractivity contribution < 1.29 is 18.0 Å².